The van der Waals surface area contributed by atoms with Gasteiger partial charge in [0, 0.05) is 19.9 Å². The monoisotopic (exact) mass is 739 g/mol. The van der Waals surface area contributed by atoms with Crippen molar-refractivity contribution in [2.45, 2.75) is 13.5 Å². The number of halogens is 4. The molecule has 4 aromatic carbocycles. The summed E-state index contributed by atoms with van der Waals surface area (Å²) >= 11 is 19.3. The Labute approximate surface area is 272 Å². The van der Waals surface area contributed by atoms with E-state index in [1.54, 1.807) is 48.7 Å². The van der Waals surface area contributed by atoms with Crippen molar-refractivity contribution in [2.75, 3.05) is 6.61 Å². The summed E-state index contributed by atoms with van der Waals surface area (Å²) in [6.45, 7) is 2.56. The molecule has 6 rings (SSSR count). The van der Waals surface area contributed by atoms with Crippen LogP contribution < -0.4 is 15.0 Å². The zero-order valence-corrected chi connectivity index (χ0v) is 27.2. The van der Waals surface area contributed by atoms with E-state index < -0.39 is 0 Å². The first-order chi connectivity index (χ1) is 20.8. The Hall–Kier alpha value is -3.63. The lowest BCUT2D eigenvalue weighted by Gasteiger charge is -2.14. The van der Waals surface area contributed by atoms with E-state index in [1.807, 2.05) is 43.3 Å². The number of hydrogen-bond acceptors (Lipinski definition) is 6. The van der Waals surface area contributed by atoms with Crippen LogP contribution in [0.2, 0.25) is 10.0 Å². The van der Waals surface area contributed by atoms with Crippen LogP contribution in [0.15, 0.2) is 102 Å². The number of ether oxygens (including phenoxy) is 2. The number of furan rings is 1. The van der Waals surface area contributed by atoms with E-state index in [-0.39, 0.29) is 18.0 Å². The van der Waals surface area contributed by atoms with Crippen molar-refractivity contribution in [3.8, 4) is 23.1 Å². The van der Waals surface area contributed by atoms with E-state index in [4.69, 9.17) is 42.1 Å². The molecule has 2 aromatic heterocycles. The van der Waals surface area contributed by atoms with Gasteiger partial charge in [-0.15, -0.1) is 0 Å². The van der Waals surface area contributed by atoms with E-state index in [2.05, 4.69) is 37.0 Å². The van der Waals surface area contributed by atoms with Crippen LogP contribution >= 0.6 is 55.1 Å². The van der Waals surface area contributed by atoms with Gasteiger partial charge < -0.3 is 13.9 Å². The summed E-state index contributed by atoms with van der Waals surface area (Å²) in [5, 5.41) is 6.81. The topological polar surface area (TPSA) is 78.9 Å². The van der Waals surface area contributed by atoms with Crippen molar-refractivity contribution >= 4 is 83.1 Å². The molecular weight excluding hydrogens is 721 g/mol. The molecule has 11 heteroatoms. The van der Waals surface area contributed by atoms with Crippen LogP contribution in [0.25, 0.3) is 33.5 Å². The Morgan fingerprint density at radius 3 is 2.58 bits per heavy atom. The minimum Gasteiger partial charge on any atom is -0.490 e. The summed E-state index contributed by atoms with van der Waals surface area (Å²) in [5.41, 5.74) is 2.38. The van der Waals surface area contributed by atoms with Gasteiger partial charge >= 0.3 is 0 Å². The second kappa shape index (κ2) is 12.5. The Bertz CT molecular complexity index is 2090. The molecule has 43 heavy (non-hydrogen) atoms. The van der Waals surface area contributed by atoms with Crippen molar-refractivity contribution in [2.24, 2.45) is 5.10 Å². The molecule has 0 radical (unpaired) electrons. The average molecular weight is 742 g/mol. The Balaban J connectivity index is 1.39. The maximum atomic E-state index is 13.7. The molecule has 0 aliphatic carbocycles. The van der Waals surface area contributed by atoms with Crippen molar-refractivity contribution in [3.63, 3.8) is 0 Å². The van der Waals surface area contributed by atoms with Crippen molar-refractivity contribution in [1.82, 2.24) is 9.66 Å². The summed E-state index contributed by atoms with van der Waals surface area (Å²) in [4.78, 5) is 18.4. The quantitative estimate of drug-likeness (QED) is 0.145. The van der Waals surface area contributed by atoms with Gasteiger partial charge in [0.25, 0.3) is 5.56 Å². The van der Waals surface area contributed by atoms with Crippen LogP contribution in [0.3, 0.4) is 0 Å². The van der Waals surface area contributed by atoms with Crippen LogP contribution in [0.5, 0.6) is 11.5 Å². The van der Waals surface area contributed by atoms with Gasteiger partial charge in [0.05, 0.1) is 33.8 Å². The Morgan fingerprint density at radius 1 is 0.953 bits per heavy atom. The van der Waals surface area contributed by atoms with E-state index in [9.17, 15) is 4.79 Å². The highest BCUT2D eigenvalue weighted by Gasteiger charge is 2.17. The van der Waals surface area contributed by atoms with Crippen LogP contribution in [0.4, 0.5) is 0 Å². The fraction of sp³-hybridized carbons (Fsp3) is 0.0938. The summed E-state index contributed by atoms with van der Waals surface area (Å²) < 4.78 is 20.9. The second-order valence-electron chi connectivity index (χ2n) is 9.40. The smallest absolute Gasteiger partial charge is 0.282 e. The number of hydrogen-bond donors (Lipinski definition) is 0. The van der Waals surface area contributed by atoms with Gasteiger partial charge in [0.2, 0.25) is 5.82 Å². The van der Waals surface area contributed by atoms with Gasteiger partial charge in [-0.05, 0) is 89.1 Å². The molecule has 0 atom stereocenters. The van der Waals surface area contributed by atoms with Gasteiger partial charge in [-0.2, -0.15) is 9.78 Å². The summed E-state index contributed by atoms with van der Waals surface area (Å²) in [5.74, 6) is 1.72. The molecule has 216 valence electrons. The van der Waals surface area contributed by atoms with Crippen LogP contribution in [-0.2, 0) is 6.61 Å². The maximum Gasteiger partial charge on any atom is 0.282 e. The van der Waals surface area contributed by atoms with E-state index >= 15 is 0 Å². The highest BCUT2D eigenvalue weighted by atomic mass is 79.9. The maximum absolute atomic E-state index is 13.7. The lowest BCUT2D eigenvalue weighted by atomic mass is 10.2. The third kappa shape index (κ3) is 6.21. The minimum atomic E-state index is -0.332. The van der Waals surface area contributed by atoms with Gasteiger partial charge in [0.1, 0.15) is 12.2 Å². The molecule has 6 aromatic rings. The average Bonchev–Trinajstić information content (AvgIpc) is 3.42. The molecule has 0 amide bonds. The third-order valence-corrected chi connectivity index (χ3v) is 8.43. The van der Waals surface area contributed by atoms with E-state index in [0.29, 0.717) is 60.4 Å². The Kier molecular flexibility index (Phi) is 8.59. The SMILES string of the molecule is CCOc1cc(C=Nn2c(-c3cc4cc(Br)ccc4o3)nc3ccccc3c2=O)c(Br)cc1OCc1ccc(Cl)c(Cl)c1. The molecule has 0 unspecified atom stereocenters. The Morgan fingerprint density at radius 2 is 1.77 bits per heavy atom. The molecule has 2 heterocycles. The number of benzene rings is 4. The lowest BCUT2D eigenvalue weighted by molar-refractivity contribution is 0.269. The predicted molar refractivity (Wildman–Crippen MR) is 178 cm³/mol. The highest BCUT2D eigenvalue weighted by molar-refractivity contribution is 9.10. The zero-order valence-electron chi connectivity index (χ0n) is 22.5. The number of rotatable bonds is 8. The summed E-state index contributed by atoms with van der Waals surface area (Å²) in [6, 6.07) is 23.6. The van der Waals surface area contributed by atoms with Gasteiger partial charge in [0.15, 0.2) is 17.3 Å². The number of nitrogens with zero attached hydrogens (tertiary/aromatic N) is 3. The normalized spacial score (nSPS) is 11.6. The first-order valence-corrected chi connectivity index (χ1v) is 15.4. The fourth-order valence-electron chi connectivity index (χ4n) is 4.46. The number of aromatic nitrogens is 2. The molecule has 0 aliphatic rings. The predicted octanol–water partition coefficient (Wildman–Crippen LogP) is 9.50. The number of para-hydroxylation sites is 1. The summed E-state index contributed by atoms with van der Waals surface area (Å²) in [6.07, 6.45) is 1.57. The summed E-state index contributed by atoms with van der Waals surface area (Å²) in [7, 11) is 0. The van der Waals surface area contributed by atoms with Gasteiger partial charge in [-0.1, -0.05) is 57.3 Å². The van der Waals surface area contributed by atoms with E-state index in [0.717, 1.165) is 15.4 Å². The lowest BCUT2D eigenvalue weighted by Crippen LogP contribution is -2.20. The van der Waals surface area contributed by atoms with Crippen LogP contribution in [0, 0.1) is 0 Å². The molecule has 0 spiro atoms. The first-order valence-electron chi connectivity index (χ1n) is 13.1. The highest BCUT2D eigenvalue weighted by Crippen LogP contribution is 2.35. The molecule has 0 aliphatic heterocycles. The first kappa shape index (κ1) is 29.4. The molecule has 0 bridgehead atoms. The second-order valence-corrected chi connectivity index (χ2v) is 12.0. The van der Waals surface area contributed by atoms with Crippen molar-refractivity contribution in [3.05, 3.63) is 119 Å². The molecule has 0 saturated heterocycles. The van der Waals surface area contributed by atoms with E-state index in [1.165, 1.54) is 4.68 Å². The molecular formula is C32H21Br2Cl2N3O4. The molecule has 0 fully saturated rings. The molecule has 0 saturated carbocycles. The van der Waals surface area contributed by atoms with Crippen LogP contribution in [0.1, 0.15) is 18.1 Å². The standard InChI is InChI=1S/C32H21Br2Cl2N3O4/c1-2-41-28-14-20(23(34)15-29(28)42-17-18-7-9-24(35)25(36)11-18)16-37-39-31(38-26-6-4-3-5-22(26)32(39)40)30-13-19-12-21(33)8-10-27(19)43-30/h3-16H,2,17H2,1H3. The minimum absolute atomic E-state index is 0.256. The number of fused-ring (bicyclic) bond motifs is 2. The zero-order chi connectivity index (χ0) is 30.1. The van der Waals surface area contributed by atoms with Crippen LogP contribution in [-0.4, -0.2) is 22.5 Å². The van der Waals surface area contributed by atoms with Gasteiger partial charge in [-0.25, -0.2) is 4.98 Å². The third-order valence-electron chi connectivity index (χ3n) is 6.51. The molecule has 0 N–H and O–H groups in total. The van der Waals surface area contributed by atoms with Gasteiger partial charge in [-0.3, -0.25) is 4.79 Å². The molecule has 7 nitrogen and oxygen atoms in total. The van der Waals surface area contributed by atoms with Crippen molar-refractivity contribution < 1.29 is 13.9 Å². The van der Waals surface area contributed by atoms with Crippen molar-refractivity contribution in [1.29, 1.82) is 0 Å². The fourth-order valence-corrected chi connectivity index (χ4v) is 5.58. The largest absolute Gasteiger partial charge is 0.490 e.